The van der Waals surface area contributed by atoms with Crippen molar-refractivity contribution in [2.45, 2.75) is 18.4 Å². The number of thioether (sulfide) groups is 1. The molecule has 1 N–H and O–H groups in total. The van der Waals surface area contributed by atoms with Gasteiger partial charge in [0.05, 0.1) is 6.54 Å². The third-order valence-electron chi connectivity index (χ3n) is 2.70. The van der Waals surface area contributed by atoms with E-state index in [1.807, 2.05) is 18.5 Å². The van der Waals surface area contributed by atoms with Crippen LogP contribution >= 0.6 is 11.8 Å². The average Bonchev–Trinajstić information content (AvgIpc) is 2.68. The summed E-state index contributed by atoms with van der Waals surface area (Å²) in [4.78, 5) is 1.25. The number of aryl methyl sites for hydroxylation is 1. The van der Waals surface area contributed by atoms with E-state index in [2.05, 4.69) is 46.0 Å². The summed E-state index contributed by atoms with van der Waals surface area (Å²) in [6.07, 6.45) is 2.07. The van der Waals surface area contributed by atoms with Gasteiger partial charge in [-0.3, -0.25) is 0 Å². The highest BCUT2D eigenvalue weighted by atomic mass is 32.2. The SMILES string of the molecule is CSc1cccc(NCc2nnc(C)n2C)c1. The van der Waals surface area contributed by atoms with Crippen LogP contribution in [0.1, 0.15) is 11.6 Å². The van der Waals surface area contributed by atoms with E-state index in [-0.39, 0.29) is 0 Å². The molecular formula is C12H16N4S. The highest BCUT2D eigenvalue weighted by molar-refractivity contribution is 7.98. The van der Waals surface area contributed by atoms with Crippen molar-refractivity contribution >= 4 is 17.4 Å². The highest BCUT2D eigenvalue weighted by Gasteiger charge is 2.04. The molecular weight excluding hydrogens is 232 g/mol. The van der Waals surface area contributed by atoms with Gasteiger partial charge in [-0.25, -0.2) is 0 Å². The Hall–Kier alpha value is -1.49. The summed E-state index contributed by atoms with van der Waals surface area (Å²) in [5, 5.41) is 11.5. The van der Waals surface area contributed by atoms with Crippen molar-refractivity contribution in [2.75, 3.05) is 11.6 Å². The molecule has 1 heterocycles. The number of rotatable bonds is 4. The molecule has 90 valence electrons. The van der Waals surface area contributed by atoms with E-state index < -0.39 is 0 Å². The van der Waals surface area contributed by atoms with Crippen molar-refractivity contribution < 1.29 is 0 Å². The predicted molar refractivity (Wildman–Crippen MR) is 71.3 cm³/mol. The Bertz CT molecular complexity index is 507. The molecule has 0 bridgehead atoms. The third kappa shape index (κ3) is 2.79. The largest absolute Gasteiger partial charge is 0.378 e. The van der Waals surface area contributed by atoms with Crippen LogP contribution in [-0.2, 0) is 13.6 Å². The number of nitrogens with zero attached hydrogens (tertiary/aromatic N) is 3. The zero-order chi connectivity index (χ0) is 12.3. The minimum Gasteiger partial charge on any atom is -0.378 e. The Balaban J connectivity index is 2.04. The van der Waals surface area contributed by atoms with Gasteiger partial charge in [0, 0.05) is 17.6 Å². The van der Waals surface area contributed by atoms with Crippen LogP contribution in [0.4, 0.5) is 5.69 Å². The topological polar surface area (TPSA) is 42.7 Å². The fourth-order valence-electron chi connectivity index (χ4n) is 1.52. The van der Waals surface area contributed by atoms with Gasteiger partial charge in [0.2, 0.25) is 0 Å². The Morgan fingerprint density at radius 3 is 2.82 bits per heavy atom. The normalized spacial score (nSPS) is 10.5. The van der Waals surface area contributed by atoms with Crippen molar-refractivity contribution in [1.82, 2.24) is 14.8 Å². The summed E-state index contributed by atoms with van der Waals surface area (Å²) >= 11 is 1.74. The van der Waals surface area contributed by atoms with Gasteiger partial charge in [-0.05, 0) is 31.4 Å². The van der Waals surface area contributed by atoms with Crippen LogP contribution in [0.25, 0.3) is 0 Å². The number of aromatic nitrogens is 3. The fourth-order valence-corrected chi connectivity index (χ4v) is 1.98. The summed E-state index contributed by atoms with van der Waals surface area (Å²) in [6, 6.07) is 8.34. The average molecular weight is 248 g/mol. The van der Waals surface area contributed by atoms with E-state index >= 15 is 0 Å². The van der Waals surface area contributed by atoms with Crippen molar-refractivity contribution in [2.24, 2.45) is 7.05 Å². The number of hydrogen-bond acceptors (Lipinski definition) is 4. The lowest BCUT2D eigenvalue weighted by Gasteiger charge is -2.07. The van der Waals surface area contributed by atoms with Gasteiger partial charge in [0.15, 0.2) is 5.82 Å². The summed E-state index contributed by atoms with van der Waals surface area (Å²) in [6.45, 7) is 2.64. The molecule has 2 rings (SSSR count). The predicted octanol–water partition coefficient (Wildman–Crippen LogP) is 2.46. The van der Waals surface area contributed by atoms with E-state index in [1.54, 1.807) is 11.8 Å². The number of anilines is 1. The van der Waals surface area contributed by atoms with Gasteiger partial charge in [-0.1, -0.05) is 6.07 Å². The lowest BCUT2D eigenvalue weighted by Crippen LogP contribution is -2.06. The molecule has 0 saturated heterocycles. The monoisotopic (exact) mass is 248 g/mol. The maximum Gasteiger partial charge on any atom is 0.152 e. The Kier molecular flexibility index (Phi) is 3.68. The standard InChI is InChI=1S/C12H16N4S/c1-9-14-15-12(16(9)2)8-13-10-5-4-6-11(7-10)17-3/h4-7,13H,8H2,1-3H3. The molecule has 0 fully saturated rings. The molecule has 2 aromatic rings. The molecule has 0 atom stereocenters. The minimum absolute atomic E-state index is 0.690. The van der Waals surface area contributed by atoms with Gasteiger partial charge in [-0.2, -0.15) is 0 Å². The third-order valence-corrected chi connectivity index (χ3v) is 3.43. The lowest BCUT2D eigenvalue weighted by atomic mass is 10.3. The van der Waals surface area contributed by atoms with Crippen LogP contribution in [0.15, 0.2) is 29.2 Å². The van der Waals surface area contributed by atoms with E-state index in [4.69, 9.17) is 0 Å². The van der Waals surface area contributed by atoms with Crippen molar-refractivity contribution in [3.05, 3.63) is 35.9 Å². The number of benzene rings is 1. The van der Waals surface area contributed by atoms with E-state index in [1.165, 1.54) is 4.90 Å². The van der Waals surface area contributed by atoms with E-state index in [0.29, 0.717) is 6.54 Å². The molecule has 0 aliphatic heterocycles. The second kappa shape index (κ2) is 5.23. The van der Waals surface area contributed by atoms with Gasteiger partial charge in [-0.15, -0.1) is 22.0 Å². The van der Waals surface area contributed by atoms with Crippen LogP contribution in [-0.4, -0.2) is 21.0 Å². The molecule has 17 heavy (non-hydrogen) atoms. The van der Waals surface area contributed by atoms with Crippen LogP contribution in [0.2, 0.25) is 0 Å². The molecule has 0 spiro atoms. The molecule has 4 nitrogen and oxygen atoms in total. The van der Waals surface area contributed by atoms with Crippen LogP contribution < -0.4 is 5.32 Å². The van der Waals surface area contributed by atoms with E-state index in [0.717, 1.165) is 17.3 Å². The molecule has 0 saturated carbocycles. The molecule has 0 aliphatic rings. The maximum atomic E-state index is 4.12. The zero-order valence-corrected chi connectivity index (χ0v) is 11.1. The van der Waals surface area contributed by atoms with Crippen molar-refractivity contribution in [3.8, 4) is 0 Å². The quantitative estimate of drug-likeness (QED) is 0.844. The summed E-state index contributed by atoms with van der Waals surface area (Å²) in [5.74, 6) is 1.87. The smallest absolute Gasteiger partial charge is 0.152 e. The molecule has 0 amide bonds. The summed E-state index contributed by atoms with van der Waals surface area (Å²) < 4.78 is 1.99. The van der Waals surface area contributed by atoms with Gasteiger partial charge in [0.1, 0.15) is 5.82 Å². The van der Waals surface area contributed by atoms with Crippen LogP contribution in [0.5, 0.6) is 0 Å². The Morgan fingerprint density at radius 2 is 2.18 bits per heavy atom. The van der Waals surface area contributed by atoms with Crippen molar-refractivity contribution in [3.63, 3.8) is 0 Å². The Labute approximate surface area is 105 Å². The summed E-state index contributed by atoms with van der Waals surface area (Å²) in [5.41, 5.74) is 1.11. The first kappa shape index (κ1) is 12.0. The maximum absolute atomic E-state index is 4.12. The Morgan fingerprint density at radius 1 is 1.35 bits per heavy atom. The van der Waals surface area contributed by atoms with Gasteiger partial charge in [0.25, 0.3) is 0 Å². The van der Waals surface area contributed by atoms with Crippen LogP contribution in [0.3, 0.4) is 0 Å². The molecule has 1 aromatic heterocycles. The molecule has 0 unspecified atom stereocenters. The second-order valence-corrected chi connectivity index (χ2v) is 4.69. The molecule has 0 radical (unpaired) electrons. The van der Waals surface area contributed by atoms with Crippen LogP contribution in [0, 0.1) is 6.92 Å². The molecule has 5 heteroatoms. The van der Waals surface area contributed by atoms with Gasteiger partial charge >= 0.3 is 0 Å². The highest BCUT2D eigenvalue weighted by Crippen LogP contribution is 2.19. The number of nitrogens with one attached hydrogen (secondary N) is 1. The molecule has 0 aliphatic carbocycles. The first-order valence-electron chi connectivity index (χ1n) is 5.43. The number of hydrogen-bond donors (Lipinski definition) is 1. The van der Waals surface area contributed by atoms with E-state index in [9.17, 15) is 0 Å². The lowest BCUT2D eigenvalue weighted by molar-refractivity contribution is 0.789. The van der Waals surface area contributed by atoms with Crippen molar-refractivity contribution in [1.29, 1.82) is 0 Å². The second-order valence-electron chi connectivity index (χ2n) is 3.81. The fraction of sp³-hybridized carbons (Fsp3) is 0.333. The molecule has 1 aromatic carbocycles. The minimum atomic E-state index is 0.690. The first-order valence-corrected chi connectivity index (χ1v) is 6.66. The van der Waals surface area contributed by atoms with Gasteiger partial charge < -0.3 is 9.88 Å². The zero-order valence-electron chi connectivity index (χ0n) is 10.3. The summed E-state index contributed by atoms with van der Waals surface area (Å²) in [7, 11) is 1.98. The first-order chi connectivity index (χ1) is 8.20.